The summed E-state index contributed by atoms with van der Waals surface area (Å²) in [6, 6.07) is 10.5. The number of rotatable bonds is 5. The molecule has 1 atom stereocenters. The molecule has 5 heteroatoms. The number of hydrogen-bond acceptors (Lipinski definition) is 4. The van der Waals surface area contributed by atoms with Gasteiger partial charge < -0.3 is 0 Å². The molecule has 1 saturated heterocycles. The second-order valence-corrected chi connectivity index (χ2v) is 7.67. The molecule has 0 aliphatic carbocycles. The lowest BCUT2D eigenvalue weighted by Gasteiger charge is -2.32. The summed E-state index contributed by atoms with van der Waals surface area (Å²) in [4.78, 5) is 16.3. The predicted octanol–water partition coefficient (Wildman–Crippen LogP) is 4.17. The summed E-state index contributed by atoms with van der Waals surface area (Å²) in [7, 11) is 0. The fourth-order valence-electron chi connectivity index (χ4n) is 3.93. The molecular formula is C22H27N5. The van der Waals surface area contributed by atoms with Crippen molar-refractivity contribution in [3.8, 4) is 5.82 Å². The average Bonchev–Trinajstić information content (AvgIpc) is 3.19. The predicted molar refractivity (Wildman–Crippen MR) is 107 cm³/mol. The zero-order valence-electron chi connectivity index (χ0n) is 16.1. The van der Waals surface area contributed by atoms with E-state index in [-0.39, 0.29) is 0 Å². The fraction of sp³-hybridized carbons (Fsp3) is 0.409. The largest absolute Gasteiger partial charge is 0.298 e. The van der Waals surface area contributed by atoms with Crippen molar-refractivity contribution in [3.05, 3.63) is 72.2 Å². The summed E-state index contributed by atoms with van der Waals surface area (Å²) in [5, 5.41) is 0. The summed E-state index contributed by atoms with van der Waals surface area (Å²) in [5.41, 5.74) is 2.46. The minimum Gasteiger partial charge on any atom is -0.298 e. The van der Waals surface area contributed by atoms with Gasteiger partial charge >= 0.3 is 0 Å². The van der Waals surface area contributed by atoms with Crippen molar-refractivity contribution < 1.29 is 0 Å². The van der Waals surface area contributed by atoms with E-state index in [1.54, 1.807) is 0 Å². The smallest absolute Gasteiger partial charge is 0.138 e. The number of pyridine rings is 2. The van der Waals surface area contributed by atoms with Crippen LogP contribution in [0.2, 0.25) is 0 Å². The second-order valence-electron chi connectivity index (χ2n) is 7.67. The molecule has 1 aliphatic heterocycles. The highest BCUT2D eigenvalue weighted by Gasteiger charge is 2.23. The maximum Gasteiger partial charge on any atom is 0.138 e. The molecule has 5 nitrogen and oxygen atoms in total. The molecule has 1 fully saturated rings. The number of imidazole rings is 1. The zero-order valence-corrected chi connectivity index (χ0v) is 16.1. The SMILES string of the molecule is CC(C)c1nccn1-c1cccc(C2CCCN(Cc3cccnc3)C2)n1. The maximum atomic E-state index is 5.01. The van der Waals surface area contributed by atoms with Crippen molar-refractivity contribution in [3.63, 3.8) is 0 Å². The van der Waals surface area contributed by atoms with E-state index in [1.165, 1.54) is 24.1 Å². The third-order valence-corrected chi connectivity index (χ3v) is 5.24. The van der Waals surface area contributed by atoms with Gasteiger partial charge in [-0.25, -0.2) is 9.97 Å². The van der Waals surface area contributed by atoms with Crippen LogP contribution >= 0.6 is 0 Å². The number of hydrogen-bond donors (Lipinski definition) is 0. The summed E-state index contributed by atoms with van der Waals surface area (Å²) in [6.45, 7) is 7.49. The van der Waals surface area contributed by atoms with E-state index in [4.69, 9.17) is 4.98 Å². The quantitative estimate of drug-likeness (QED) is 0.684. The van der Waals surface area contributed by atoms with Crippen LogP contribution in [-0.4, -0.2) is 37.5 Å². The van der Waals surface area contributed by atoms with Crippen LogP contribution in [-0.2, 0) is 6.54 Å². The summed E-state index contributed by atoms with van der Waals surface area (Å²) < 4.78 is 2.12. The van der Waals surface area contributed by atoms with E-state index in [9.17, 15) is 0 Å². The molecule has 1 unspecified atom stereocenters. The molecule has 0 saturated carbocycles. The highest BCUT2D eigenvalue weighted by Crippen LogP contribution is 2.27. The molecule has 0 bridgehead atoms. The maximum absolute atomic E-state index is 5.01. The molecule has 0 radical (unpaired) electrons. The standard InChI is InChI=1S/C22H27N5/c1-17(2)22-24-11-13-27(22)21-9-3-8-20(25-21)19-7-5-12-26(16-19)15-18-6-4-10-23-14-18/h3-4,6,8-11,13-14,17,19H,5,7,12,15-16H2,1-2H3. The third kappa shape index (κ3) is 4.08. The first-order valence-corrected chi connectivity index (χ1v) is 9.82. The van der Waals surface area contributed by atoms with E-state index in [2.05, 4.69) is 57.5 Å². The lowest BCUT2D eigenvalue weighted by molar-refractivity contribution is 0.198. The van der Waals surface area contributed by atoms with Gasteiger partial charge in [-0.2, -0.15) is 0 Å². The van der Waals surface area contributed by atoms with Crippen LogP contribution in [0.15, 0.2) is 55.1 Å². The second kappa shape index (κ2) is 8.01. The molecule has 3 aromatic heterocycles. The van der Waals surface area contributed by atoms with Gasteiger partial charge in [0.25, 0.3) is 0 Å². The third-order valence-electron chi connectivity index (χ3n) is 5.24. The van der Waals surface area contributed by atoms with Gasteiger partial charge in [0.15, 0.2) is 0 Å². The first-order chi connectivity index (χ1) is 13.2. The average molecular weight is 361 g/mol. The molecule has 4 heterocycles. The zero-order chi connectivity index (χ0) is 18.6. The topological polar surface area (TPSA) is 46.8 Å². The van der Waals surface area contributed by atoms with Gasteiger partial charge in [-0.1, -0.05) is 26.0 Å². The van der Waals surface area contributed by atoms with Gasteiger partial charge in [-0.15, -0.1) is 0 Å². The van der Waals surface area contributed by atoms with Crippen molar-refractivity contribution in [2.75, 3.05) is 13.1 Å². The Hall–Kier alpha value is -2.53. The Morgan fingerprint density at radius 3 is 2.89 bits per heavy atom. The normalized spacial score (nSPS) is 18.1. The highest BCUT2D eigenvalue weighted by molar-refractivity contribution is 5.29. The highest BCUT2D eigenvalue weighted by atomic mass is 15.1. The van der Waals surface area contributed by atoms with E-state index < -0.39 is 0 Å². The Balaban J connectivity index is 1.52. The van der Waals surface area contributed by atoms with Crippen molar-refractivity contribution in [2.45, 2.75) is 45.1 Å². The van der Waals surface area contributed by atoms with Crippen molar-refractivity contribution in [2.24, 2.45) is 0 Å². The van der Waals surface area contributed by atoms with Crippen molar-refractivity contribution in [1.82, 2.24) is 24.4 Å². The Bertz CT molecular complexity index is 871. The molecule has 0 amide bonds. The lowest BCUT2D eigenvalue weighted by Crippen LogP contribution is -2.34. The molecule has 0 N–H and O–H groups in total. The number of piperidine rings is 1. The lowest BCUT2D eigenvalue weighted by atomic mass is 9.94. The van der Waals surface area contributed by atoms with Crippen molar-refractivity contribution in [1.29, 1.82) is 0 Å². The van der Waals surface area contributed by atoms with Crippen LogP contribution in [0.1, 0.15) is 55.6 Å². The molecule has 3 aromatic rings. The summed E-state index contributed by atoms with van der Waals surface area (Å²) >= 11 is 0. The fourth-order valence-corrected chi connectivity index (χ4v) is 3.93. The van der Waals surface area contributed by atoms with Crippen LogP contribution in [0.3, 0.4) is 0 Å². The Labute approximate surface area is 161 Å². The van der Waals surface area contributed by atoms with Crippen molar-refractivity contribution >= 4 is 0 Å². The Morgan fingerprint density at radius 2 is 2.07 bits per heavy atom. The number of aromatic nitrogens is 4. The van der Waals surface area contributed by atoms with Crippen LogP contribution in [0.5, 0.6) is 0 Å². The monoisotopic (exact) mass is 361 g/mol. The van der Waals surface area contributed by atoms with Crippen LogP contribution in [0.25, 0.3) is 5.82 Å². The van der Waals surface area contributed by atoms with E-state index in [0.717, 1.165) is 31.3 Å². The summed E-state index contributed by atoms with van der Waals surface area (Å²) in [5.74, 6) is 2.87. The van der Waals surface area contributed by atoms with E-state index in [0.29, 0.717) is 11.8 Å². The number of likely N-dealkylation sites (tertiary alicyclic amines) is 1. The molecular weight excluding hydrogens is 334 g/mol. The first-order valence-electron chi connectivity index (χ1n) is 9.82. The Kier molecular flexibility index (Phi) is 5.30. The number of nitrogens with zero attached hydrogens (tertiary/aromatic N) is 5. The molecule has 1 aliphatic rings. The van der Waals surface area contributed by atoms with Gasteiger partial charge in [-0.05, 0) is 43.1 Å². The van der Waals surface area contributed by atoms with Gasteiger partial charge in [0.1, 0.15) is 11.6 Å². The van der Waals surface area contributed by atoms with Gasteiger partial charge in [0, 0.05) is 55.4 Å². The van der Waals surface area contributed by atoms with E-state index in [1.807, 2.05) is 30.9 Å². The van der Waals surface area contributed by atoms with Gasteiger partial charge in [0.05, 0.1) is 0 Å². The molecule has 27 heavy (non-hydrogen) atoms. The molecule has 0 spiro atoms. The van der Waals surface area contributed by atoms with E-state index >= 15 is 0 Å². The summed E-state index contributed by atoms with van der Waals surface area (Å²) in [6.07, 6.45) is 10.1. The minimum absolute atomic E-state index is 0.370. The molecule has 4 rings (SSSR count). The van der Waals surface area contributed by atoms with Crippen LogP contribution in [0.4, 0.5) is 0 Å². The van der Waals surface area contributed by atoms with Crippen LogP contribution in [0, 0.1) is 0 Å². The first kappa shape index (κ1) is 17.9. The Morgan fingerprint density at radius 1 is 1.15 bits per heavy atom. The molecule has 140 valence electrons. The van der Waals surface area contributed by atoms with Gasteiger partial charge in [0.2, 0.25) is 0 Å². The minimum atomic E-state index is 0.370. The van der Waals surface area contributed by atoms with Gasteiger partial charge in [-0.3, -0.25) is 14.5 Å². The van der Waals surface area contributed by atoms with Crippen LogP contribution < -0.4 is 0 Å². The molecule has 0 aromatic carbocycles.